The van der Waals surface area contributed by atoms with Gasteiger partial charge in [0.2, 0.25) is 17.4 Å². The molecule has 0 saturated heterocycles. The van der Waals surface area contributed by atoms with Crippen LogP contribution in [0.4, 0.5) is 4.39 Å². The van der Waals surface area contributed by atoms with E-state index in [2.05, 4.69) is 0 Å². The van der Waals surface area contributed by atoms with Crippen molar-refractivity contribution in [3.63, 3.8) is 0 Å². The molecule has 148 valence electrons. The fourth-order valence-electron chi connectivity index (χ4n) is 2.97. The number of carbonyl (C=O) groups excluding carboxylic acids is 1. The van der Waals surface area contributed by atoms with Gasteiger partial charge in [-0.15, -0.1) is 0 Å². The first-order valence-electron chi connectivity index (χ1n) is 8.59. The summed E-state index contributed by atoms with van der Waals surface area (Å²) in [6.07, 6.45) is 0. The second-order valence-electron chi connectivity index (χ2n) is 7.20. The number of rotatable bonds is 5. The van der Waals surface area contributed by atoms with Gasteiger partial charge in [-0.2, -0.15) is 8.42 Å². The SMILES string of the molecule is BC(B)(c1ccccc1)S(=O)(=O)OC1=C(N)O[C@@](B)(c2ccc(F)cc2Cl)C1=O. The zero-order valence-electron chi connectivity index (χ0n) is 15.9. The molecule has 29 heavy (non-hydrogen) atoms. The van der Waals surface area contributed by atoms with Gasteiger partial charge in [0.1, 0.15) is 21.5 Å². The molecule has 2 N–H and O–H groups in total. The Hall–Kier alpha value is -2.39. The van der Waals surface area contributed by atoms with Crippen LogP contribution in [0.1, 0.15) is 11.1 Å². The van der Waals surface area contributed by atoms with Gasteiger partial charge >= 0.3 is 10.1 Å². The lowest BCUT2D eigenvalue weighted by atomic mass is 9.65. The van der Waals surface area contributed by atoms with Crippen molar-refractivity contribution in [2.75, 3.05) is 0 Å². The molecule has 0 aromatic heterocycles. The maximum absolute atomic E-state index is 13.4. The lowest BCUT2D eigenvalue weighted by molar-refractivity contribution is -0.126. The predicted octanol–water partition coefficient (Wildman–Crippen LogP) is -0.585. The van der Waals surface area contributed by atoms with Crippen molar-refractivity contribution < 1.29 is 26.5 Å². The average Bonchev–Trinajstić information content (AvgIpc) is 2.85. The lowest BCUT2D eigenvalue weighted by Crippen LogP contribution is -2.40. The molecule has 2 aromatic carbocycles. The second-order valence-corrected chi connectivity index (χ2v) is 9.70. The number of ketones is 1. The van der Waals surface area contributed by atoms with Gasteiger partial charge in [-0.1, -0.05) is 48.0 Å². The Kier molecular flexibility index (Phi) is 5.25. The highest BCUT2D eigenvalue weighted by atomic mass is 35.5. The van der Waals surface area contributed by atoms with Crippen LogP contribution in [0, 0.1) is 5.82 Å². The molecule has 0 saturated carbocycles. The summed E-state index contributed by atoms with van der Waals surface area (Å²) >= 11 is 6.06. The minimum absolute atomic E-state index is 0.0672. The van der Waals surface area contributed by atoms with Gasteiger partial charge < -0.3 is 14.7 Å². The first-order valence-corrected chi connectivity index (χ1v) is 10.4. The van der Waals surface area contributed by atoms with Crippen molar-refractivity contribution in [3.8, 4) is 0 Å². The molecule has 0 radical (unpaired) electrons. The van der Waals surface area contributed by atoms with E-state index in [1.54, 1.807) is 30.3 Å². The van der Waals surface area contributed by atoms with E-state index in [-0.39, 0.29) is 10.6 Å². The maximum atomic E-state index is 13.4. The molecule has 2 aromatic rings. The Balaban J connectivity index is 1.96. The van der Waals surface area contributed by atoms with E-state index in [0.29, 0.717) is 5.56 Å². The number of carbonyl (C=O) groups is 1. The fraction of sp³-hybridized carbons (Fsp3) is 0.118. The average molecular weight is 433 g/mol. The summed E-state index contributed by atoms with van der Waals surface area (Å²) in [5.41, 5.74) is 4.63. The molecule has 0 fully saturated rings. The van der Waals surface area contributed by atoms with Crippen molar-refractivity contribution in [2.45, 2.75) is 10.0 Å². The van der Waals surface area contributed by atoms with E-state index in [1.165, 1.54) is 29.6 Å². The Morgan fingerprint density at radius 2 is 1.79 bits per heavy atom. The van der Waals surface area contributed by atoms with Gasteiger partial charge in [-0.05, 0) is 17.7 Å². The normalized spacial score (nSPS) is 19.9. The highest BCUT2D eigenvalue weighted by Crippen LogP contribution is 2.40. The Morgan fingerprint density at radius 3 is 2.38 bits per heavy atom. The second kappa shape index (κ2) is 7.14. The van der Waals surface area contributed by atoms with Gasteiger partial charge in [-0.25, -0.2) is 4.39 Å². The Labute approximate surface area is 175 Å². The molecule has 3 rings (SSSR count). The maximum Gasteiger partial charge on any atom is 0.304 e. The minimum Gasteiger partial charge on any atom is -0.467 e. The third-order valence-electron chi connectivity index (χ3n) is 4.91. The van der Waals surface area contributed by atoms with Gasteiger partial charge in [0.25, 0.3) is 0 Å². The van der Waals surface area contributed by atoms with Crippen molar-refractivity contribution in [2.24, 2.45) is 5.73 Å². The van der Waals surface area contributed by atoms with Gasteiger partial charge in [-0.3, -0.25) is 4.79 Å². The molecule has 0 amide bonds. The molecular formula is C17H16B3ClFNO5S. The summed E-state index contributed by atoms with van der Waals surface area (Å²) < 4.78 is 48.4. The standard InChI is InChI=1S/C17H16B3ClFNO5S/c18-16(11-7-6-10(22)8-12(11)21)14(24)13(15(23)27-16)28-29(25,26)17(19,20)9-4-2-1-3-5-9/h1-8H,18-20,23H2/t16-/m0/s1. The van der Waals surface area contributed by atoms with Crippen LogP contribution in [0.15, 0.2) is 60.2 Å². The summed E-state index contributed by atoms with van der Waals surface area (Å²) in [6, 6.07) is 11.8. The van der Waals surface area contributed by atoms with E-state index < -0.39 is 43.4 Å². The van der Waals surface area contributed by atoms with Crippen molar-refractivity contribution in [1.82, 2.24) is 0 Å². The van der Waals surface area contributed by atoms with Crippen LogP contribution >= 0.6 is 11.6 Å². The van der Waals surface area contributed by atoms with E-state index >= 15 is 0 Å². The van der Waals surface area contributed by atoms with Crippen LogP contribution in [0.5, 0.6) is 0 Å². The smallest absolute Gasteiger partial charge is 0.304 e. The largest absolute Gasteiger partial charge is 0.467 e. The van der Waals surface area contributed by atoms with Crippen molar-refractivity contribution >= 4 is 51.0 Å². The van der Waals surface area contributed by atoms with Crippen LogP contribution in [0.25, 0.3) is 0 Å². The van der Waals surface area contributed by atoms with Gasteiger partial charge in [0.15, 0.2) is 13.3 Å². The van der Waals surface area contributed by atoms with Crippen LogP contribution in [0.3, 0.4) is 0 Å². The first kappa shape index (κ1) is 21.3. The zero-order valence-corrected chi connectivity index (χ0v) is 17.5. The van der Waals surface area contributed by atoms with Gasteiger partial charge in [0, 0.05) is 5.56 Å². The molecule has 1 aliphatic rings. The van der Waals surface area contributed by atoms with Crippen LogP contribution < -0.4 is 5.73 Å². The number of benzene rings is 2. The molecule has 0 aliphatic carbocycles. The highest BCUT2D eigenvalue weighted by molar-refractivity contribution is 7.90. The topological polar surface area (TPSA) is 95.7 Å². The monoisotopic (exact) mass is 433 g/mol. The number of halogens is 2. The third kappa shape index (κ3) is 3.53. The summed E-state index contributed by atoms with van der Waals surface area (Å²) in [5, 5.41) is -0.0672. The fourth-order valence-corrected chi connectivity index (χ4v) is 4.33. The number of ether oxygens (including phenoxy) is 1. The van der Waals surface area contributed by atoms with Crippen molar-refractivity contribution in [1.29, 1.82) is 0 Å². The molecule has 1 aliphatic heterocycles. The molecule has 0 bridgehead atoms. The first-order chi connectivity index (χ1) is 13.4. The van der Waals surface area contributed by atoms with Gasteiger partial charge in [0.05, 0.1) is 9.57 Å². The Morgan fingerprint density at radius 1 is 1.17 bits per heavy atom. The molecule has 0 unspecified atom stereocenters. The molecule has 12 heteroatoms. The summed E-state index contributed by atoms with van der Waals surface area (Å²) in [4.78, 5) is 13.0. The molecule has 6 nitrogen and oxygen atoms in total. The number of nitrogens with two attached hydrogens (primary N) is 1. The van der Waals surface area contributed by atoms with Crippen molar-refractivity contribution in [3.05, 3.63) is 82.1 Å². The Bertz CT molecular complexity index is 1130. The highest BCUT2D eigenvalue weighted by Gasteiger charge is 2.51. The van der Waals surface area contributed by atoms with Crippen LogP contribution in [-0.4, -0.2) is 37.7 Å². The third-order valence-corrected chi connectivity index (χ3v) is 7.09. The predicted molar refractivity (Wildman–Crippen MR) is 114 cm³/mol. The molecule has 1 heterocycles. The lowest BCUT2D eigenvalue weighted by Gasteiger charge is -2.26. The summed E-state index contributed by atoms with van der Waals surface area (Å²) in [7, 11) is -0.0909. The quantitative estimate of drug-likeness (QED) is 0.501. The minimum atomic E-state index is -4.34. The molecule has 0 spiro atoms. The van der Waals surface area contributed by atoms with Crippen LogP contribution in [0.2, 0.25) is 5.02 Å². The number of Topliss-reactive ketones (excluding diaryl/α,β-unsaturated/α-hetero) is 1. The van der Waals surface area contributed by atoms with E-state index in [1.807, 2.05) is 0 Å². The zero-order chi connectivity index (χ0) is 21.6. The van der Waals surface area contributed by atoms with Crippen LogP contribution in [-0.2, 0) is 33.9 Å². The van der Waals surface area contributed by atoms with E-state index in [9.17, 15) is 17.6 Å². The van der Waals surface area contributed by atoms with E-state index in [4.69, 9.17) is 26.3 Å². The summed E-state index contributed by atoms with van der Waals surface area (Å²) in [6.45, 7) is 0. The summed E-state index contributed by atoms with van der Waals surface area (Å²) in [5.74, 6) is -2.57. The molecule has 1 atom stereocenters. The molecular weight excluding hydrogens is 417 g/mol. The number of hydrogen-bond acceptors (Lipinski definition) is 6. The number of hydrogen-bond donors (Lipinski definition) is 1. The van der Waals surface area contributed by atoms with E-state index in [0.717, 1.165) is 12.1 Å².